The Bertz CT molecular complexity index is 882. The topological polar surface area (TPSA) is 79.4 Å². The van der Waals surface area contributed by atoms with E-state index in [-0.39, 0.29) is 17.6 Å². The van der Waals surface area contributed by atoms with Crippen LogP contribution in [-0.2, 0) is 15.8 Å². The highest BCUT2D eigenvalue weighted by Gasteiger charge is 2.24. The first-order chi connectivity index (χ1) is 12.9. The number of piperidine rings is 1. The Morgan fingerprint density at radius 1 is 1.19 bits per heavy atom. The molecule has 6 nitrogen and oxygen atoms in total. The molecular weight excluding hydrogens is 386 g/mol. The molecule has 0 bridgehead atoms. The molecule has 144 valence electrons. The molecule has 1 aliphatic heterocycles. The van der Waals surface area contributed by atoms with Crippen LogP contribution < -0.4 is 4.72 Å². The molecular formula is C19H22ClN3O3S. The summed E-state index contributed by atoms with van der Waals surface area (Å²) in [5.41, 5.74) is 1.29. The molecule has 1 saturated heterocycles. The molecule has 1 aromatic carbocycles. The maximum atomic E-state index is 12.4. The third-order valence-electron chi connectivity index (χ3n) is 4.67. The summed E-state index contributed by atoms with van der Waals surface area (Å²) in [6.07, 6.45) is 4.76. The van der Waals surface area contributed by atoms with E-state index >= 15 is 0 Å². The van der Waals surface area contributed by atoms with E-state index in [1.807, 2.05) is 4.90 Å². The number of carbonyl (C=O) groups is 1. The number of nitrogens with zero attached hydrogens (tertiary/aromatic N) is 2. The average molecular weight is 408 g/mol. The van der Waals surface area contributed by atoms with Crippen LogP contribution in [0.2, 0.25) is 5.02 Å². The van der Waals surface area contributed by atoms with Gasteiger partial charge in [-0.05, 0) is 48.6 Å². The summed E-state index contributed by atoms with van der Waals surface area (Å²) < 4.78 is 27.3. The van der Waals surface area contributed by atoms with Crippen molar-refractivity contribution in [2.45, 2.75) is 18.6 Å². The highest BCUT2D eigenvalue weighted by molar-refractivity contribution is 7.88. The monoisotopic (exact) mass is 407 g/mol. The van der Waals surface area contributed by atoms with E-state index in [2.05, 4.69) is 9.71 Å². The Morgan fingerprint density at radius 2 is 1.89 bits per heavy atom. The van der Waals surface area contributed by atoms with Gasteiger partial charge in [0.2, 0.25) is 10.0 Å². The number of likely N-dealkylation sites (tertiary alicyclic amines) is 1. The van der Waals surface area contributed by atoms with Gasteiger partial charge in [0.05, 0.1) is 5.75 Å². The van der Waals surface area contributed by atoms with Gasteiger partial charge in [0.1, 0.15) is 0 Å². The van der Waals surface area contributed by atoms with Gasteiger partial charge in [0.15, 0.2) is 0 Å². The number of halogens is 1. The van der Waals surface area contributed by atoms with E-state index in [9.17, 15) is 13.2 Å². The minimum atomic E-state index is -3.42. The van der Waals surface area contributed by atoms with Crippen molar-refractivity contribution in [3.05, 3.63) is 64.9 Å². The van der Waals surface area contributed by atoms with Gasteiger partial charge in [0.25, 0.3) is 5.91 Å². The molecule has 3 rings (SSSR count). The number of nitrogens with one attached hydrogen (secondary N) is 1. The minimum Gasteiger partial charge on any atom is -0.339 e. The summed E-state index contributed by atoms with van der Waals surface area (Å²) in [5, 5.41) is 0.522. The highest BCUT2D eigenvalue weighted by atomic mass is 35.5. The first-order valence-corrected chi connectivity index (χ1v) is 10.9. The molecule has 0 aliphatic carbocycles. The molecule has 1 N–H and O–H groups in total. The third kappa shape index (κ3) is 5.76. The lowest BCUT2D eigenvalue weighted by Crippen LogP contribution is -2.41. The first kappa shape index (κ1) is 19.8. The number of amides is 1. The van der Waals surface area contributed by atoms with Gasteiger partial charge in [0, 0.05) is 42.6 Å². The van der Waals surface area contributed by atoms with Crippen molar-refractivity contribution >= 4 is 27.5 Å². The van der Waals surface area contributed by atoms with Gasteiger partial charge >= 0.3 is 0 Å². The van der Waals surface area contributed by atoms with Crippen LogP contribution in [0.1, 0.15) is 28.8 Å². The Labute approximate surface area is 164 Å². The second kappa shape index (κ2) is 8.82. The average Bonchev–Trinajstić information content (AvgIpc) is 2.67. The number of sulfonamides is 1. The van der Waals surface area contributed by atoms with Crippen molar-refractivity contribution in [2.24, 2.45) is 5.92 Å². The zero-order valence-corrected chi connectivity index (χ0v) is 16.4. The van der Waals surface area contributed by atoms with Crippen LogP contribution in [0.25, 0.3) is 0 Å². The second-order valence-electron chi connectivity index (χ2n) is 6.71. The van der Waals surface area contributed by atoms with Gasteiger partial charge in [-0.25, -0.2) is 13.1 Å². The fourth-order valence-electron chi connectivity index (χ4n) is 3.16. The van der Waals surface area contributed by atoms with Gasteiger partial charge in [-0.1, -0.05) is 23.7 Å². The second-order valence-corrected chi connectivity index (χ2v) is 8.95. The van der Waals surface area contributed by atoms with Crippen LogP contribution in [0, 0.1) is 5.92 Å². The smallest absolute Gasteiger partial charge is 0.253 e. The Balaban J connectivity index is 1.47. The number of rotatable bonds is 6. The molecule has 1 amide bonds. The van der Waals surface area contributed by atoms with Crippen LogP contribution in [-0.4, -0.2) is 43.8 Å². The number of hydrogen-bond donors (Lipinski definition) is 1. The van der Waals surface area contributed by atoms with E-state index in [1.165, 1.54) is 0 Å². The first-order valence-electron chi connectivity index (χ1n) is 8.84. The number of hydrogen-bond acceptors (Lipinski definition) is 4. The largest absolute Gasteiger partial charge is 0.339 e. The van der Waals surface area contributed by atoms with Gasteiger partial charge in [-0.15, -0.1) is 0 Å². The van der Waals surface area contributed by atoms with E-state index in [1.54, 1.807) is 48.8 Å². The third-order valence-corrected chi connectivity index (χ3v) is 6.22. The SMILES string of the molecule is O=C(c1ccncc1)N1CCC(CNS(=O)(=O)Cc2cccc(Cl)c2)CC1. The van der Waals surface area contributed by atoms with Crippen molar-refractivity contribution < 1.29 is 13.2 Å². The maximum absolute atomic E-state index is 12.4. The fraction of sp³-hybridized carbons (Fsp3) is 0.368. The quantitative estimate of drug-likeness (QED) is 0.798. The molecule has 0 atom stereocenters. The van der Waals surface area contributed by atoms with Crippen molar-refractivity contribution in [3.8, 4) is 0 Å². The summed E-state index contributed by atoms with van der Waals surface area (Å²) in [4.78, 5) is 18.2. The molecule has 1 fully saturated rings. The highest BCUT2D eigenvalue weighted by Crippen LogP contribution is 2.19. The van der Waals surface area contributed by atoms with Gasteiger partial charge in [-0.3, -0.25) is 9.78 Å². The predicted octanol–water partition coefficient (Wildman–Crippen LogP) is 2.71. The van der Waals surface area contributed by atoms with Crippen molar-refractivity contribution in [1.29, 1.82) is 0 Å². The molecule has 1 aliphatic rings. The van der Waals surface area contributed by atoms with Crippen molar-refractivity contribution in [1.82, 2.24) is 14.6 Å². The van der Waals surface area contributed by atoms with Gasteiger partial charge < -0.3 is 4.90 Å². The van der Waals surface area contributed by atoms with Crippen LogP contribution >= 0.6 is 11.6 Å². The summed E-state index contributed by atoms with van der Waals surface area (Å²) in [6, 6.07) is 10.3. The standard InChI is InChI=1S/C19H22ClN3O3S/c20-18-3-1-2-16(12-18)14-27(25,26)22-13-15-6-10-23(11-7-15)19(24)17-4-8-21-9-5-17/h1-5,8-9,12,15,22H,6-7,10-11,13-14H2. The number of benzene rings is 1. The summed E-state index contributed by atoms with van der Waals surface area (Å²) in [5.74, 6) is 0.130. The van der Waals surface area contributed by atoms with Crippen LogP contribution in [0.15, 0.2) is 48.8 Å². The van der Waals surface area contributed by atoms with E-state index in [4.69, 9.17) is 11.6 Å². The molecule has 0 unspecified atom stereocenters. The Hall–Kier alpha value is -1.96. The maximum Gasteiger partial charge on any atom is 0.253 e. The van der Waals surface area contributed by atoms with Crippen LogP contribution in [0.5, 0.6) is 0 Å². The Morgan fingerprint density at radius 3 is 2.56 bits per heavy atom. The lowest BCUT2D eigenvalue weighted by atomic mass is 9.97. The molecule has 2 heterocycles. The summed E-state index contributed by atoms with van der Waals surface area (Å²) in [7, 11) is -3.42. The van der Waals surface area contributed by atoms with Crippen LogP contribution in [0.3, 0.4) is 0 Å². The van der Waals surface area contributed by atoms with E-state index in [0.29, 0.717) is 35.8 Å². The predicted molar refractivity (Wildman–Crippen MR) is 105 cm³/mol. The number of aromatic nitrogens is 1. The molecule has 0 spiro atoms. The Kier molecular flexibility index (Phi) is 6.46. The molecule has 8 heteroatoms. The van der Waals surface area contributed by atoms with Crippen molar-refractivity contribution in [3.63, 3.8) is 0 Å². The number of carbonyl (C=O) groups excluding carboxylic acids is 1. The zero-order valence-electron chi connectivity index (χ0n) is 14.8. The lowest BCUT2D eigenvalue weighted by molar-refractivity contribution is 0.0692. The molecule has 27 heavy (non-hydrogen) atoms. The zero-order chi connectivity index (χ0) is 19.3. The van der Waals surface area contributed by atoms with Crippen molar-refractivity contribution in [2.75, 3.05) is 19.6 Å². The summed E-state index contributed by atoms with van der Waals surface area (Å²) in [6.45, 7) is 1.64. The minimum absolute atomic E-state index is 0.00242. The summed E-state index contributed by atoms with van der Waals surface area (Å²) >= 11 is 5.91. The van der Waals surface area contributed by atoms with Crippen LogP contribution in [0.4, 0.5) is 0 Å². The molecule has 2 aromatic rings. The molecule has 0 radical (unpaired) electrons. The fourth-order valence-corrected chi connectivity index (χ4v) is 4.58. The van der Waals surface area contributed by atoms with E-state index < -0.39 is 10.0 Å². The molecule has 0 saturated carbocycles. The normalized spacial score (nSPS) is 15.7. The van der Waals surface area contributed by atoms with E-state index in [0.717, 1.165) is 12.8 Å². The molecule has 1 aromatic heterocycles. The van der Waals surface area contributed by atoms with Gasteiger partial charge in [-0.2, -0.15) is 0 Å². The lowest BCUT2D eigenvalue weighted by Gasteiger charge is -2.32. The number of pyridine rings is 1.